The molecule has 1 aliphatic heterocycles. The molecule has 2 amide bonds. The van der Waals surface area contributed by atoms with Gasteiger partial charge in [0.1, 0.15) is 5.82 Å². The minimum Gasteiger partial charge on any atom is -0.389 e. The number of aliphatic hydroxyl groups excluding tert-OH is 1. The molecular weight excluding hydrogens is 428 g/mol. The first-order valence-electron chi connectivity index (χ1n) is 11.3. The van der Waals surface area contributed by atoms with E-state index in [0.29, 0.717) is 29.9 Å². The van der Waals surface area contributed by atoms with E-state index in [1.165, 1.54) is 0 Å². The largest absolute Gasteiger partial charge is 0.389 e. The summed E-state index contributed by atoms with van der Waals surface area (Å²) in [6, 6.07) is 18.3. The van der Waals surface area contributed by atoms with Crippen molar-refractivity contribution in [1.82, 2.24) is 14.9 Å². The minimum absolute atomic E-state index is 0.0374. The number of fused-ring (bicyclic) bond motifs is 2. The predicted molar refractivity (Wildman–Crippen MR) is 131 cm³/mol. The zero-order valence-electron chi connectivity index (χ0n) is 19.1. The van der Waals surface area contributed by atoms with Crippen molar-refractivity contribution in [2.24, 2.45) is 0 Å². The van der Waals surface area contributed by atoms with Crippen LogP contribution in [0.25, 0.3) is 11.0 Å². The summed E-state index contributed by atoms with van der Waals surface area (Å²) in [7, 11) is 0. The first-order chi connectivity index (χ1) is 16.4. The van der Waals surface area contributed by atoms with Gasteiger partial charge in [-0.15, -0.1) is 0 Å². The monoisotopic (exact) mass is 454 g/mol. The van der Waals surface area contributed by atoms with Crippen LogP contribution in [0, 0.1) is 6.92 Å². The summed E-state index contributed by atoms with van der Waals surface area (Å²) in [6.07, 6.45) is 0.132. The third-order valence-corrected chi connectivity index (χ3v) is 6.24. The van der Waals surface area contributed by atoms with Crippen molar-refractivity contribution < 1.29 is 14.7 Å². The molecule has 7 heteroatoms. The quantitative estimate of drug-likeness (QED) is 0.426. The maximum Gasteiger partial charge on any atom is 0.255 e. The Labute approximate surface area is 197 Å². The van der Waals surface area contributed by atoms with Crippen LogP contribution in [0.5, 0.6) is 0 Å². The van der Waals surface area contributed by atoms with Crippen LogP contribution < -0.4 is 5.32 Å². The number of aryl methyl sites for hydroxylation is 1. The number of hydrogen-bond acceptors (Lipinski definition) is 4. The number of hydrogen-bond donors (Lipinski definition) is 3. The highest BCUT2D eigenvalue weighted by molar-refractivity contribution is 6.04. The van der Waals surface area contributed by atoms with Gasteiger partial charge in [0.15, 0.2) is 0 Å². The molecule has 0 spiro atoms. The number of anilines is 1. The molecule has 3 aromatic carbocycles. The highest BCUT2D eigenvalue weighted by Crippen LogP contribution is 2.24. The molecule has 0 aliphatic carbocycles. The minimum atomic E-state index is -0.609. The molecule has 1 unspecified atom stereocenters. The highest BCUT2D eigenvalue weighted by atomic mass is 16.3. The zero-order chi connectivity index (χ0) is 23.8. The number of imidazole rings is 1. The van der Waals surface area contributed by atoms with Gasteiger partial charge in [-0.05, 0) is 79.4 Å². The fourth-order valence-corrected chi connectivity index (χ4v) is 4.40. The number of aromatic nitrogens is 2. The first-order valence-corrected chi connectivity index (χ1v) is 11.3. The fraction of sp³-hybridized carbons (Fsp3) is 0.222. The first kappa shape index (κ1) is 21.9. The van der Waals surface area contributed by atoms with Crippen molar-refractivity contribution in [3.8, 4) is 0 Å². The van der Waals surface area contributed by atoms with E-state index in [-0.39, 0.29) is 11.8 Å². The Bertz CT molecular complexity index is 1410. The molecule has 172 valence electrons. The van der Waals surface area contributed by atoms with Crippen LogP contribution in [0.15, 0.2) is 60.7 Å². The maximum absolute atomic E-state index is 13.2. The molecule has 1 aliphatic rings. The van der Waals surface area contributed by atoms with E-state index in [0.717, 1.165) is 40.0 Å². The summed E-state index contributed by atoms with van der Waals surface area (Å²) in [5.74, 6) is 0.550. The van der Waals surface area contributed by atoms with Gasteiger partial charge in [0.05, 0.1) is 17.1 Å². The van der Waals surface area contributed by atoms with Crippen molar-refractivity contribution in [2.45, 2.75) is 32.9 Å². The van der Waals surface area contributed by atoms with Gasteiger partial charge in [-0.3, -0.25) is 9.59 Å². The second-order valence-electron chi connectivity index (χ2n) is 8.77. The average molecular weight is 455 g/mol. The molecule has 0 saturated carbocycles. The summed E-state index contributed by atoms with van der Waals surface area (Å²) in [6.45, 7) is 4.66. The van der Waals surface area contributed by atoms with Crippen LogP contribution in [-0.4, -0.2) is 38.3 Å². The molecule has 0 saturated heterocycles. The molecule has 3 N–H and O–H groups in total. The van der Waals surface area contributed by atoms with Crippen LogP contribution in [0.1, 0.15) is 56.3 Å². The highest BCUT2D eigenvalue weighted by Gasteiger charge is 2.23. The Morgan fingerprint density at radius 2 is 1.88 bits per heavy atom. The SMILES string of the molecule is Cc1nc2ccc(C(=O)N3CCc4ccc(C(=O)Nc5cccc(C(C)O)c5)cc4C3)cc2[nH]1. The summed E-state index contributed by atoms with van der Waals surface area (Å²) < 4.78 is 0. The van der Waals surface area contributed by atoms with E-state index in [1.54, 1.807) is 25.1 Å². The van der Waals surface area contributed by atoms with E-state index in [1.807, 2.05) is 54.3 Å². The Kier molecular flexibility index (Phi) is 5.63. The normalized spacial score (nSPS) is 14.0. The van der Waals surface area contributed by atoms with Gasteiger partial charge in [0, 0.05) is 29.9 Å². The Morgan fingerprint density at radius 3 is 2.71 bits per heavy atom. The van der Waals surface area contributed by atoms with Crippen molar-refractivity contribution in [3.63, 3.8) is 0 Å². The number of aliphatic hydroxyl groups is 1. The summed E-state index contributed by atoms with van der Waals surface area (Å²) in [5.41, 5.74) is 6.33. The van der Waals surface area contributed by atoms with Gasteiger partial charge in [-0.2, -0.15) is 0 Å². The number of nitrogens with zero attached hydrogens (tertiary/aromatic N) is 2. The van der Waals surface area contributed by atoms with Crippen LogP contribution in [0.3, 0.4) is 0 Å². The molecule has 1 atom stereocenters. The average Bonchev–Trinajstić information content (AvgIpc) is 3.22. The molecule has 0 radical (unpaired) electrons. The number of aromatic amines is 1. The lowest BCUT2D eigenvalue weighted by Gasteiger charge is -2.29. The van der Waals surface area contributed by atoms with Crippen molar-refractivity contribution in [2.75, 3.05) is 11.9 Å². The van der Waals surface area contributed by atoms with Crippen molar-refractivity contribution in [1.29, 1.82) is 0 Å². The lowest BCUT2D eigenvalue weighted by atomic mass is 9.96. The van der Waals surface area contributed by atoms with Crippen LogP contribution in [-0.2, 0) is 13.0 Å². The number of benzene rings is 3. The molecule has 5 rings (SSSR count). The van der Waals surface area contributed by atoms with E-state index in [4.69, 9.17) is 0 Å². The van der Waals surface area contributed by atoms with Gasteiger partial charge in [0.25, 0.3) is 11.8 Å². The molecule has 2 heterocycles. The lowest BCUT2D eigenvalue weighted by Crippen LogP contribution is -2.36. The molecule has 4 aromatic rings. The standard InChI is InChI=1S/C27H26N4O3/c1-16(32)19-4-3-5-23(13-19)30-26(33)20-7-6-18-10-11-31(15-22(18)12-20)27(34)21-8-9-24-25(14-21)29-17(2)28-24/h3-9,12-14,16,32H,10-11,15H2,1-2H3,(H,28,29)(H,30,33). The van der Waals surface area contributed by atoms with Gasteiger partial charge in [-0.25, -0.2) is 4.98 Å². The van der Waals surface area contributed by atoms with E-state index >= 15 is 0 Å². The van der Waals surface area contributed by atoms with Gasteiger partial charge < -0.3 is 20.3 Å². The second kappa shape index (κ2) is 8.76. The number of nitrogens with one attached hydrogen (secondary N) is 2. The second-order valence-corrected chi connectivity index (χ2v) is 8.77. The molecule has 1 aromatic heterocycles. The molecule has 0 fully saturated rings. The third kappa shape index (κ3) is 4.30. The molecule has 0 bridgehead atoms. The van der Waals surface area contributed by atoms with Crippen LogP contribution in [0.4, 0.5) is 5.69 Å². The summed E-state index contributed by atoms with van der Waals surface area (Å²) >= 11 is 0. The number of carbonyl (C=O) groups excluding carboxylic acids is 2. The fourth-order valence-electron chi connectivity index (χ4n) is 4.40. The van der Waals surface area contributed by atoms with E-state index in [9.17, 15) is 14.7 Å². The molecular formula is C27H26N4O3. The number of carbonyl (C=O) groups is 2. The van der Waals surface area contributed by atoms with Gasteiger partial charge >= 0.3 is 0 Å². The van der Waals surface area contributed by atoms with E-state index < -0.39 is 6.10 Å². The van der Waals surface area contributed by atoms with Gasteiger partial charge in [0.2, 0.25) is 0 Å². The Balaban J connectivity index is 1.33. The topological polar surface area (TPSA) is 98.3 Å². The van der Waals surface area contributed by atoms with Crippen LogP contribution >= 0.6 is 0 Å². The predicted octanol–water partition coefficient (Wildman–Crippen LogP) is 4.38. The maximum atomic E-state index is 13.2. The van der Waals surface area contributed by atoms with Crippen molar-refractivity contribution in [3.05, 3.63) is 94.3 Å². The number of amides is 2. The molecule has 7 nitrogen and oxygen atoms in total. The van der Waals surface area contributed by atoms with E-state index in [2.05, 4.69) is 15.3 Å². The third-order valence-electron chi connectivity index (χ3n) is 6.24. The number of rotatable bonds is 4. The number of H-pyrrole nitrogens is 1. The lowest BCUT2D eigenvalue weighted by molar-refractivity contribution is 0.0735. The summed E-state index contributed by atoms with van der Waals surface area (Å²) in [4.78, 5) is 35.5. The zero-order valence-corrected chi connectivity index (χ0v) is 19.1. The molecule has 34 heavy (non-hydrogen) atoms. The Hall–Kier alpha value is -3.97. The van der Waals surface area contributed by atoms with Crippen molar-refractivity contribution >= 4 is 28.5 Å². The smallest absolute Gasteiger partial charge is 0.255 e. The summed E-state index contributed by atoms with van der Waals surface area (Å²) in [5, 5.41) is 12.7. The van der Waals surface area contributed by atoms with Crippen LogP contribution in [0.2, 0.25) is 0 Å². The van der Waals surface area contributed by atoms with Gasteiger partial charge in [-0.1, -0.05) is 18.2 Å². The Morgan fingerprint density at radius 1 is 1.06 bits per heavy atom.